The van der Waals surface area contributed by atoms with Crippen LogP contribution in [0.4, 0.5) is 18.0 Å². The fraction of sp³-hybridized carbons (Fsp3) is 0.357. The minimum Gasteiger partial charge on any atom is -0.425 e. The summed E-state index contributed by atoms with van der Waals surface area (Å²) >= 11 is 11.9. The summed E-state index contributed by atoms with van der Waals surface area (Å²) in [6, 6.07) is 4.19. The molecule has 8 heteroatoms. The van der Waals surface area contributed by atoms with Crippen LogP contribution in [0, 0.1) is 17.8 Å². The first kappa shape index (κ1) is 16.8. The summed E-state index contributed by atoms with van der Waals surface area (Å²) in [6.07, 6.45) is -4.92. The van der Waals surface area contributed by atoms with E-state index in [9.17, 15) is 18.0 Å². The lowest BCUT2D eigenvalue weighted by atomic mass is 9.88. The third-order valence-electron chi connectivity index (χ3n) is 3.13. The molecule has 2 N–H and O–H groups in total. The molecule has 0 bridgehead atoms. The summed E-state index contributed by atoms with van der Waals surface area (Å²) in [6.45, 7) is 0. The van der Waals surface area contributed by atoms with E-state index in [1.165, 1.54) is 18.2 Å². The maximum Gasteiger partial charge on any atom is 0.457 e. The first-order valence-electron chi connectivity index (χ1n) is 6.19. The van der Waals surface area contributed by atoms with Crippen molar-refractivity contribution in [2.45, 2.75) is 24.6 Å². The molecule has 0 spiro atoms. The highest BCUT2D eigenvalue weighted by Gasteiger charge is 2.50. The van der Waals surface area contributed by atoms with Gasteiger partial charge in [-0.05, 0) is 37.0 Å². The topological polar surface area (TPSA) is 52.3 Å². The van der Waals surface area contributed by atoms with Crippen molar-refractivity contribution in [3.8, 4) is 11.8 Å². The Labute approximate surface area is 134 Å². The van der Waals surface area contributed by atoms with Crippen molar-refractivity contribution >= 4 is 29.3 Å². The maximum absolute atomic E-state index is 12.5. The largest absolute Gasteiger partial charge is 0.457 e. The van der Waals surface area contributed by atoms with E-state index < -0.39 is 23.8 Å². The molecule has 2 rings (SSSR count). The van der Waals surface area contributed by atoms with Crippen LogP contribution in [0.25, 0.3) is 0 Å². The lowest BCUT2D eigenvalue weighted by Crippen LogP contribution is -2.36. The van der Waals surface area contributed by atoms with Gasteiger partial charge in [0.25, 0.3) is 0 Å². The van der Waals surface area contributed by atoms with Gasteiger partial charge in [0.2, 0.25) is 5.60 Å². The number of rotatable bonds is 3. The van der Waals surface area contributed by atoms with Crippen molar-refractivity contribution in [2.24, 2.45) is 11.7 Å². The third kappa shape index (κ3) is 3.79. The molecular weight excluding hydrogens is 342 g/mol. The molecule has 1 aromatic rings. The van der Waals surface area contributed by atoms with E-state index in [-0.39, 0.29) is 15.6 Å². The van der Waals surface area contributed by atoms with Gasteiger partial charge in [-0.3, -0.25) is 0 Å². The van der Waals surface area contributed by atoms with Gasteiger partial charge in [0.1, 0.15) is 0 Å². The molecule has 1 aliphatic rings. The highest BCUT2D eigenvalue weighted by atomic mass is 35.5. The van der Waals surface area contributed by atoms with Gasteiger partial charge in [0.05, 0.1) is 0 Å². The standard InChI is InChI=1S/C14H10Cl2F3NO2/c15-9-3-4-11(16)10(7-9)13(8-1-2-8,22-12(20)21)5-6-14(17,18)19/h3-4,7-8H,1-2H2,(H2,20,21). The normalized spacial score (nSPS) is 17.1. The Morgan fingerprint density at radius 3 is 2.41 bits per heavy atom. The second-order valence-electron chi connectivity index (χ2n) is 4.80. The molecule has 1 aliphatic carbocycles. The van der Waals surface area contributed by atoms with Crippen molar-refractivity contribution in [2.75, 3.05) is 0 Å². The maximum atomic E-state index is 12.5. The molecule has 118 valence electrons. The monoisotopic (exact) mass is 351 g/mol. The molecule has 3 nitrogen and oxygen atoms in total. The number of hydrogen-bond acceptors (Lipinski definition) is 2. The second-order valence-corrected chi connectivity index (χ2v) is 5.65. The Bertz CT molecular complexity index is 662. The first-order valence-corrected chi connectivity index (χ1v) is 6.95. The molecule has 1 saturated carbocycles. The van der Waals surface area contributed by atoms with Gasteiger partial charge in [-0.25, -0.2) is 4.79 Å². The lowest BCUT2D eigenvalue weighted by Gasteiger charge is -2.29. The average Bonchev–Trinajstić information content (AvgIpc) is 3.21. The quantitative estimate of drug-likeness (QED) is 0.827. The Kier molecular flexibility index (Phi) is 4.50. The van der Waals surface area contributed by atoms with Gasteiger partial charge >= 0.3 is 12.3 Å². The molecule has 1 aromatic carbocycles. The Morgan fingerprint density at radius 2 is 1.91 bits per heavy atom. The fourth-order valence-corrected chi connectivity index (χ4v) is 2.58. The Morgan fingerprint density at radius 1 is 1.27 bits per heavy atom. The van der Waals surface area contributed by atoms with Crippen LogP contribution in [0.15, 0.2) is 18.2 Å². The van der Waals surface area contributed by atoms with Crippen LogP contribution in [0.3, 0.4) is 0 Å². The number of carbonyl (C=O) groups excluding carboxylic acids is 1. The summed E-state index contributed by atoms with van der Waals surface area (Å²) < 4.78 is 42.5. The van der Waals surface area contributed by atoms with Crippen molar-refractivity contribution in [1.29, 1.82) is 0 Å². The van der Waals surface area contributed by atoms with Gasteiger partial charge in [-0.15, -0.1) is 0 Å². The van der Waals surface area contributed by atoms with Gasteiger partial charge in [-0.1, -0.05) is 23.2 Å². The zero-order valence-corrected chi connectivity index (χ0v) is 12.5. The van der Waals surface area contributed by atoms with E-state index in [1.807, 2.05) is 5.92 Å². The molecular formula is C14H10Cl2F3NO2. The van der Waals surface area contributed by atoms with E-state index in [0.717, 1.165) is 5.92 Å². The Balaban J connectivity index is 2.64. The number of alkyl halides is 3. The van der Waals surface area contributed by atoms with E-state index in [2.05, 4.69) is 0 Å². The predicted octanol–water partition coefficient (Wildman–Crippen LogP) is 4.26. The lowest BCUT2D eigenvalue weighted by molar-refractivity contribution is -0.0706. The van der Waals surface area contributed by atoms with Crippen molar-refractivity contribution in [3.63, 3.8) is 0 Å². The minimum atomic E-state index is -4.74. The number of primary amides is 1. The Hall–Kier alpha value is -1.58. The van der Waals surface area contributed by atoms with E-state index in [1.54, 1.807) is 0 Å². The molecule has 22 heavy (non-hydrogen) atoms. The summed E-state index contributed by atoms with van der Waals surface area (Å²) in [5.41, 5.74) is 3.26. The third-order valence-corrected chi connectivity index (χ3v) is 3.70. The SMILES string of the molecule is NC(=O)OC(C#CC(F)(F)F)(c1cc(Cl)ccc1Cl)C1CC1. The molecule has 0 aromatic heterocycles. The van der Waals surface area contributed by atoms with Crippen LogP contribution in [-0.4, -0.2) is 12.3 Å². The summed E-state index contributed by atoms with van der Waals surface area (Å²) in [7, 11) is 0. The van der Waals surface area contributed by atoms with Gasteiger partial charge < -0.3 is 10.5 Å². The van der Waals surface area contributed by atoms with Crippen LogP contribution in [0.2, 0.25) is 10.0 Å². The zero-order chi connectivity index (χ0) is 16.5. The van der Waals surface area contributed by atoms with Crippen LogP contribution in [-0.2, 0) is 10.3 Å². The highest BCUT2D eigenvalue weighted by molar-refractivity contribution is 6.33. The zero-order valence-electron chi connectivity index (χ0n) is 11.0. The highest BCUT2D eigenvalue weighted by Crippen LogP contribution is 2.50. The van der Waals surface area contributed by atoms with Crippen LogP contribution >= 0.6 is 23.2 Å². The van der Waals surface area contributed by atoms with E-state index >= 15 is 0 Å². The average molecular weight is 352 g/mol. The van der Waals surface area contributed by atoms with Crippen LogP contribution in [0.5, 0.6) is 0 Å². The summed E-state index contributed by atoms with van der Waals surface area (Å²) in [5.74, 6) is 2.73. The number of amides is 1. The van der Waals surface area contributed by atoms with Gasteiger partial charge in [0.15, 0.2) is 0 Å². The number of halogens is 5. The molecule has 0 aliphatic heterocycles. The van der Waals surface area contributed by atoms with E-state index in [4.69, 9.17) is 33.7 Å². The number of carbonyl (C=O) groups is 1. The fourth-order valence-electron chi connectivity index (χ4n) is 2.15. The van der Waals surface area contributed by atoms with Gasteiger partial charge in [-0.2, -0.15) is 13.2 Å². The summed E-state index contributed by atoms with van der Waals surface area (Å²) in [4.78, 5) is 11.2. The molecule has 1 fully saturated rings. The molecule has 1 amide bonds. The summed E-state index contributed by atoms with van der Waals surface area (Å²) in [5, 5.41) is 0.320. The molecule has 1 atom stereocenters. The molecule has 0 saturated heterocycles. The van der Waals surface area contributed by atoms with E-state index in [0.29, 0.717) is 12.8 Å². The molecule has 1 unspecified atom stereocenters. The van der Waals surface area contributed by atoms with Crippen molar-refractivity contribution in [1.82, 2.24) is 0 Å². The van der Waals surface area contributed by atoms with Crippen LogP contribution < -0.4 is 5.73 Å². The molecule has 0 radical (unpaired) electrons. The minimum absolute atomic E-state index is 0.0917. The van der Waals surface area contributed by atoms with Crippen molar-refractivity contribution < 1.29 is 22.7 Å². The smallest absolute Gasteiger partial charge is 0.425 e. The predicted molar refractivity (Wildman–Crippen MR) is 75.4 cm³/mol. The van der Waals surface area contributed by atoms with Gasteiger partial charge in [0, 0.05) is 27.4 Å². The number of benzene rings is 1. The number of ether oxygens (including phenoxy) is 1. The molecule has 0 heterocycles. The first-order chi connectivity index (χ1) is 10.1. The van der Waals surface area contributed by atoms with Crippen LogP contribution in [0.1, 0.15) is 18.4 Å². The second kappa shape index (κ2) is 5.90. The van der Waals surface area contributed by atoms with Crippen molar-refractivity contribution in [3.05, 3.63) is 33.8 Å². The number of nitrogens with two attached hydrogens (primary N) is 1. The number of hydrogen-bond donors (Lipinski definition) is 1.